The Hall–Kier alpha value is -1.05. The molecule has 7 heteroatoms. The molecule has 4 nitrogen and oxygen atoms in total. The molecule has 23 heavy (non-hydrogen) atoms. The second kappa shape index (κ2) is 5.50. The first-order valence-electron chi connectivity index (χ1n) is 7.99. The van der Waals surface area contributed by atoms with Crippen LogP contribution in [0.2, 0.25) is 0 Å². The molecule has 0 aromatic carbocycles. The molecule has 1 aromatic rings. The summed E-state index contributed by atoms with van der Waals surface area (Å²) in [5, 5.41) is 0. The fourth-order valence-electron chi connectivity index (χ4n) is 2.88. The summed E-state index contributed by atoms with van der Waals surface area (Å²) in [4.78, 5) is 6.03. The normalized spacial score (nSPS) is 25.9. The molecule has 0 N–H and O–H groups in total. The molecule has 0 atom stereocenters. The number of hydrogen-bond donors (Lipinski definition) is 0. The van der Waals surface area contributed by atoms with Gasteiger partial charge in [-0.3, -0.25) is 9.88 Å². The average Bonchev–Trinajstić information content (AvgIpc) is 2.86. The highest BCUT2D eigenvalue weighted by atomic mass is 19.3. The zero-order chi connectivity index (χ0) is 16.9. The van der Waals surface area contributed by atoms with Gasteiger partial charge in [0.15, 0.2) is 0 Å². The quantitative estimate of drug-likeness (QED) is 0.799. The lowest BCUT2D eigenvalue weighted by Gasteiger charge is -2.32. The molecule has 3 rings (SSSR count). The molecule has 1 aromatic heterocycles. The van der Waals surface area contributed by atoms with E-state index in [1.807, 2.05) is 39.8 Å². The van der Waals surface area contributed by atoms with Crippen LogP contribution in [0.3, 0.4) is 0 Å². The Labute approximate surface area is 136 Å². The van der Waals surface area contributed by atoms with Crippen molar-refractivity contribution in [1.82, 2.24) is 9.88 Å². The smallest absolute Gasteiger partial charge is 0.399 e. The lowest BCUT2D eigenvalue weighted by Crippen LogP contribution is -2.41. The Bertz CT molecular complexity index is 579. The van der Waals surface area contributed by atoms with Crippen LogP contribution in [-0.2, 0) is 15.9 Å². The van der Waals surface area contributed by atoms with Gasteiger partial charge in [0.2, 0.25) is 0 Å². The van der Waals surface area contributed by atoms with Gasteiger partial charge in [-0.1, -0.05) is 0 Å². The van der Waals surface area contributed by atoms with Crippen LogP contribution in [0.25, 0.3) is 0 Å². The number of rotatable bonds is 3. The van der Waals surface area contributed by atoms with E-state index < -0.39 is 24.2 Å². The second-order valence-electron chi connectivity index (χ2n) is 7.49. The van der Waals surface area contributed by atoms with Crippen molar-refractivity contribution in [3.8, 4) is 0 Å². The van der Waals surface area contributed by atoms with Crippen molar-refractivity contribution in [2.45, 2.75) is 57.8 Å². The highest BCUT2D eigenvalue weighted by Crippen LogP contribution is 2.36. The number of halogens is 2. The summed E-state index contributed by atoms with van der Waals surface area (Å²) in [6, 6.07) is 3.74. The fourth-order valence-corrected chi connectivity index (χ4v) is 2.88. The average molecular weight is 324 g/mol. The van der Waals surface area contributed by atoms with E-state index in [0.717, 1.165) is 11.2 Å². The van der Waals surface area contributed by atoms with Crippen molar-refractivity contribution < 1.29 is 18.1 Å². The van der Waals surface area contributed by atoms with Crippen LogP contribution >= 0.6 is 0 Å². The Morgan fingerprint density at radius 1 is 1.22 bits per heavy atom. The van der Waals surface area contributed by atoms with Crippen molar-refractivity contribution in [3.05, 3.63) is 24.0 Å². The minimum absolute atomic E-state index is 0.0794. The fraction of sp³-hybridized carbons (Fsp3) is 0.688. The third-order valence-electron chi connectivity index (χ3n) is 5.00. The summed E-state index contributed by atoms with van der Waals surface area (Å²) < 4.78 is 38.6. The predicted octanol–water partition coefficient (Wildman–Crippen LogP) is 2.22. The highest BCUT2D eigenvalue weighted by molar-refractivity contribution is 6.62. The second-order valence-corrected chi connectivity index (χ2v) is 7.49. The van der Waals surface area contributed by atoms with Gasteiger partial charge in [0.25, 0.3) is 5.92 Å². The molecule has 2 aliphatic rings. The van der Waals surface area contributed by atoms with Crippen molar-refractivity contribution in [2.75, 3.05) is 13.1 Å². The van der Waals surface area contributed by atoms with Gasteiger partial charge in [-0.25, -0.2) is 8.78 Å². The van der Waals surface area contributed by atoms with Gasteiger partial charge in [0.05, 0.1) is 23.4 Å². The summed E-state index contributed by atoms with van der Waals surface area (Å²) >= 11 is 0. The number of nitrogens with zero attached hydrogens (tertiary/aromatic N) is 2. The molecule has 0 bridgehead atoms. The minimum Gasteiger partial charge on any atom is -0.399 e. The standard InChI is InChI=1S/C16H23BF2N2O2/c1-14(2)15(3,4)23-17(22-14)12-5-7-20-13(9-12)10-21-8-6-16(18,19)11-21/h5,7,9H,6,8,10-11H2,1-4H3. The summed E-state index contributed by atoms with van der Waals surface area (Å²) in [6.07, 6.45) is 1.60. The van der Waals surface area contributed by atoms with E-state index in [0.29, 0.717) is 13.1 Å². The van der Waals surface area contributed by atoms with E-state index in [2.05, 4.69) is 4.98 Å². The van der Waals surface area contributed by atoms with Gasteiger partial charge in [-0.2, -0.15) is 0 Å². The molecule has 2 fully saturated rings. The first kappa shape index (κ1) is 16.8. The Morgan fingerprint density at radius 3 is 2.43 bits per heavy atom. The lowest BCUT2D eigenvalue weighted by atomic mass is 9.79. The van der Waals surface area contributed by atoms with Crippen LogP contribution < -0.4 is 5.46 Å². The van der Waals surface area contributed by atoms with Gasteiger partial charge in [-0.05, 0) is 45.3 Å². The molecule has 2 saturated heterocycles. The number of alkyl halides is 2. The zero-order valence-electron chi connectivity index (χ0n) is 14.1. The highest BCUT2D eigenvalue weighted by Gasteiger charge is 2.51. The summed E-state index contributed by atoms with van der Waals surface area (Å²) in [7, 11) is -0.457. The topological polar surface area (TPSA) is 34.6 Å². The predicted molar refractivity (Wildman–Crippen MR) is 84.8 cm³/mol. The molecule has 0 unspecified atom stereocenters. The van der Waals surface area contributed by atoms with Gasteiger partial charge in [-0.15, -0.1) is 0 Å². The lowest BCUT2D eigenvalue weighted by molar-refractivity contribution is 0.00578. The summed E-state index contributed by atoms with van der Waals surface area (Å²) in [5.41, 5.74) is 0.825. The Kier molecular flexibility index (Phi) is 4.02. The molecular weight excluding hydrogens is 301 g/mol. The molecule has 0 radical (unpaired) electrons. The summed E-state index contributed by atoms with van der Waals surface area (Å²) in [5.74, 6) is -2.58. The number of pyridine rings is 1. The van der Waals surface area contributed by atoms with Crippen LogP contribution in [0, 0.1) is 0 Å². The first-order chi connectivity index (χ1) is 10.6. The van der Waals surface area contributed by atoms with Gasteiger partial charge >= 0.3 is 7.12 Å². The van der Waals surface area contributed by atoms with Crippen molar-refractivity contribution in [2.24, 2.45) is 0 Å². The largest absolute Gasteiger partial charge is 0.494 e. The molecular formula is C16H23BF2N2O2. The molecule has 0 saturated carbocycles. The number of aromatic nitrogens is 1. The molecule has 3 heterocycles. The maximum absolute atomic E-state index is 13.3. The Balaban J connectivity index is 1.72. The molecule has 0 amide bonds. The first-order valence-corrected chi connectivity index (χ1v) is 7.99. The van der Waals surface area contributed by atoms with Gasteiger partial charge in [0.1, 0.15) is 0 Å². The van der Waals surface area contributed by atoms with Crippen LogP contribution in [0.1, 0.15) is 39.8 Å². The maximum atomic E-state index is 13.3. The van der Waals surface area contributed by atoms with E-state index in [9.17, 15) is 8.78 Å². The summed E-state index contributed by atoms with van der Waals surface area (Å²) in [6.45, 7) is 8.62. The number of likely N-dealkylation sites (tertiary alicyclic amines) is 1. The van der Waals surface area contributed by atoms with E-state index in [1.54, 1.807) is 11.1 Å². The third kappa shape index (κ3) is 3.41. The third-order valence-corrected chi connectivity index (χ3v) is 5.00. The molecule has 0 aliphatic carbocycles. The van der Waals surface area contributed by atoms with Crippen molar-refractivity contribution >= 4 is 12.6 Å². The van der Waals surface area contributed by atoms with Crippen molar-refractivity contribution in [1.29, 1.82) is 0 Å². The minimum atomic E-state index is -2.58. The van der Waals surface area contributed by atoms with Crippen molar-refractivity contribution in [3.63, 3.8) is 0 Å². The molecule has 2 aliphatic heterocycles. The van der Waals surface area contributed by atoms with E-state index in [4.69, 9.17) is 9.31 Å². The number of hydrogen-bond acceptors (Lipinski definition) is 4. The SMILES string of the molecule is CC1(C)OB(c2ccnc(CN3CCC(F)(F)C3)c2)OC1(C)C. The monoisotopic (exact) mass is 324 g/mol. The van der Waals surface area contributed by atoms with Gasteiger partial charge < -0.3 is 9.31 Å². The van der Waals surface area contributed by atoms with Crippen LogP contribution in [-0.4, -0.2) is 47.2 Å². The zero-order valence-corrected chi connectivity index (χ0v) is 14.1. The Morgan fingerprint density at radius 2 is 1.87 bits per heavy atom. The van der Waals surface area contributed by atoms with E-state index in [1.165, 1.54) is 0 Å². The van der Waals surface area contributed by atoms with Crippen LogP contribution in [0.4, 0.5) is 8.78 Å². The van der Waals surface area contributed by atoms with Crippen LogP contribution in [0.5, 0.6) is 0 Å². The maximum Gasteiger partial charge on any atom is 0.494 e. The molecule has 0 spiro atoms. The van der Waals surface area contributed by atoms with E-state index in [-0.39, 0.29) is 13.0 Å². The van der Waals surface area contributed by atoms with Crippen LogP contribution in [0.15, 0.2) is 18.3 Å². The van der Waals surface area contributed by atoms with E-state index >= 15 is 0 Å². The molecule has 126 valence electrons. The van der Waals surface area contributed by atoms with Gasteiger partial charge in [0, 0.05) is 25.7 Å².